The lowest BCUT2D eigenvalue weighted by molar-refractivity contribution is -0.121. The van der Waals surface area contributed by atoms with Gasteiger partial charge in [-0.15, -0.1) is 0 Å². The Hall–Kier alpha value is -2.62. The summed E-state index contributed by atoms with van der Waals surface area (Å²) in [6.07, 6.45) is 3.04. The molecule has 0 aliphatic heterocycles. The Morgan fingerprint density at radius 1 is 1.21 bits per heavy atom. The maximum atomic E-state index is 13.0. The van der Waals surface area contributed by atoms with Gasteiger partial charge in [0.2, 0.25) is 15.9 Å². The summed E-state index contributed by atoms with van der Waals surface area (Å²) in [5.41, 5.74) is 4.52. The van der Waals surface area contributed by atoms with E-state index in [0.29, 0.717) is 23.7 Å². The first-order valence-corrected chi connectivity index (χ1v) is 11.4. The van der Waals surface area contributed by atoms with Gasteiger partial charge in [-0.3, -0.25) is 14.7 Å². The number of carbonyl (C=O) groups is 1. The van der Waals surface area contributed by atoms with Gasteiger partial charge in [-0.2, -0.15) is 0 Å². The minimum Gasteiger partial charge on any atom is -0.291 e. The summed E-state index contributed by atoms with van der Waals surface area (Å²) >= 11 is 0.918. The number of hydrogen-bond donors (Lipinski definition) is 1. The van der Waals surface area contributed by atoms with Crippen LogP contribution in [-0.4, -0.2) is 31.3 Å². The third kappa shape index (κ3) is 3.81. The van der Waals surface area contributed by atoms with Crippen LogP contribution < -0.4 is 10.0 Å². The molecule has 0 spiro atoms. The van der Waals surface area contributed by atoms with Gasteiger partial charge in [0, 0.05) is 24.7 Å². The lowest BCUT2D eigenvalue weighted by atomic mass is 10.0. The van der Waals surface area contributed by atoms with E-state index in [1.807, 2.05) is 24.3 Å². The Morgan fingerprint density at radius 2 is 1.97 bits per heavy atom. The molecule has 2 aromatic heterocycles. The molecule has 2 N–H and O–H groups in total. The maximum Gasteiger partial charge on any atom is 0.249 e. The van der Waals surface area contributed by atoms with E-state index < -0.39 is 10.0 Å². The molecule has 1 aliphatic rings. The normalized spacial score (nSPS) is 15.9. The number of nitrogens with two attached hydrogens (primary N) is 1. The number of benzene rings is 1. The largest absolute Gasteiger partial charge is 0.291 e. The van der Waals surface area contributed by atoms with Crippen molar-refractivity contribution in [1.29, 1.82) is 0 Å². The van der Waals surface area contributed by atoms with Crippen LogP contribution in [0.15, 0.2) is 46.8 Å². The number of pyridine rings is 1. The predicted octanol–water partition coefficient (Wildman–Crippen LogP) is 2.54. The average Bonchev–Trinajstić information content (AvgIpc) is 3.30. The van der Waals surface area contributed by atoms with Crippen LogP contribution in [-0.2, 0) is 27.7 Å². The number of amides is 1. The van der Waals surface area contributed by atoms with Crippen molar-refractivity contribution in [3.8, 4) is 11.3 Å². The summed E-state index contributed by atoms with van der Waals surface area (Å²) in [6.45, 7) is 1.57. The van der Waals surface area contributed by atoms with Crippen LogP contribution in [0.2, 0.25) is 0 Å². The summed E-state index contributed by atoms with van der Waals surface area (Å²) in [5.74, 6) is -0.300. The number of fused-ring (bicyclic) bond motifs is 1. The minimum atomic E-state index is -3.85. The number of carbonyl (C=O) groups excluding carboxylic acids is 1. The number of nitrogens with zero attached hydrogens (tertiary/aromatic N) is 3. The Bertz CT molecular complexity index is 1190. The van der Waals surface area contributed by atoms with E-state index >= 15 is 0 Å². The number of primary sulfonamides is 1. The van der Waals surface area contributed by atoms with E-state index in [4.69, 9.17) is 5.14 Å². The predicted molar refractivity (Wildman–Crippen MR) is 112 cm³/mol. The van der Waals surface area contributed by atoms with E-state index in [0.717, 1.165) is 33.7 Å². The number of aromatic nitrogens is 2. The first-order valence-electron chi connectivity index (χ1n) is 9.05. The molecule has 1 aromatic carbocycles. The molecule has 1 atom stereocenters. The van der Waals surface area contributed by atoms with Crippen molar-refractivity contribution in [2.24, 2.45) is 11.1 Å². The van der Waals surface area contributed by atoms with Gasteiger partial charge in [0.25, 0.3) is 0 Å². The van der Waals surface area contributed by atoms with Gasteiger partial charge in [-0.25, -0.2) is 18.5 Å². The quantitative estimate of drug-likeness (QED) is 0.687. The van der Waals surface area contributed by atoms with Gasteiger partial charge in [0.05, 0.1) is 11.4 Å². The monoisotopic (exact) mass is 428 g/mol. The number of anilines is 1. The van der Waals surface area contributed by atoms with E-state index in [-0.39, 0.29) is 16.0 Å². The number of sulfonamides is 1. The Kier molecular flexibility index (Phi) is 4.97. The SMILES string of the molecule is Cc1nc(N(C)C(=O)[C@H]2Cc3ccc(-c4ccccn4)cc3C2)sc1S(N)(=O)=O. The highest BCUT2D eigenvalue weighted by Crippen LogP contribution is 2.34. The van der Waals surface area contributed by atoms with Crippen LogP contribution in [0.1, 0.15) is 16.8 Å². The zero-order valence-corrected chi connectivity index (χ0v) is 17.6. The molecule has 9 heteroatoms. The van der Waals surface area contributed by atoms with Gasteiger partial charge in [-0.05, 0) is 49.1 Å². The third-order valence-corrected chi connectivity index (χ3v) is 7.86. The van der Waals surface area contributed by atoms with Gasteiger partial charge >= 0.3 is 0 Å². The number of thiazole rings is 1. The molecular weight excluding hydrogens is 408 g/mol. The van der Waals surface area contributed by atoms with Gasteiger partial charge in [0.1, 0.15) is 0 Å². The number of hydrogen-bond acceptors (Lipinski definition) is 6. The van der Waals surface area contributed by atoms with E-state index in [1.165, 1.54) is 4.90 Å². The van der Waals surface area contributed by atoms with Crippen molar-refractivity contribution in [3.05, 3.63) is 59.4 Å². The second kappa shape index (κ2) is 7.33. The van der Waals surface area contributed by atoms with Crippen LogP contribution in [0, 0.1) is 12.8 Å². The molecule has 1 aliphatic carbocycles. The lowest BCUT2D eigenvalue weighted by Gasteiger charge is -2.18. The first-order chi connectivity index (χ1) is 13.7. The fraction of sp³-hybridized carbons (Fsp3) is 0.250. The highest BCUT2D eigenvalue weighted by Gasteiger charge is 2.32. The smallest absolute Gasteiger partial charge is 0.249 e. The van der Waals surface area contributed by atoms with Crippen molar-refractivity contribution in [2.45, 2.75) is 24.0 Å². The van der Waals surface area contributed by atoms with Crippen LogP contribution in [0.4, 0.5) is 5.13 Å². The van der Waals surface area contributed by atoms with Crippen LogP contribution >= 0.6 is 11.3 Å². The van der Waals surface area contributed by atoms with Gasteiger partial charge < -0.3 is 0 Å². The van der Waals surface area contributed by atoms with E-state index in [2.05, 4.69) is 22.1 Å². The minimum absolute atomic E-state index is 0.0122. The van der Waals surface area contributed by atoms with Gasteiger partial charge in [-0.1, -0.05) is 29.5 Å². The number of rotatable bonds is 4. The van der Waals surface area contributed by atoms with Crippen LogP contribution in [0.25, 0.3) is 11.3 Å². The van der Waals surface area contributed by atoms with Crippen molar-refractivity contribution in [1.82, 2.24) is 9.97 Å². The summed E-state index contributed by atoms with van der Waals surface area (Å²) in [7, 11) is -2.23. The van der Waals surface area contributed by atoms with Crippen LogP contribution in [0.3, 0.4) is 0 Å². The molecule has 3 aromatic rings. The first kappa shape index (κ1) is 19.7. The highest BCUT2D eigenvalue weighted by molar-refractivity contribution is 7.91. The molecule has 7 nitrogen and oxygen atoms in total. The zero-order chi connectivity index (χ0) is 20.8. The molecular formula is C20H20N4O3S2. The van der Waals surface area contributed by atoms with Crippen molar-refractivity contribution >= 4 is 32.4 Å². The standard InChI is InChI=1S/C20H20N4O3S2/c1-12-19(29(21,26)27)28-20(23-12)24(2)18(25)16-9-13-6-7-14(10-15(13)11-16)17-5-3-4-8-22-17/h3-8,10,16H,9,11H2,1-2H3,(H2,21,26,27)/t16-/m0/s1. The van der Waals surface area contributed by atoms with Crippen molar-refractivity contribution in [3.63, 3.8) is 0 Å². The summed E-state index contributed by atoms with van der Waals surface area (Å²) in [6, 6.07) is 12.0. The van der Waals surface area contributed by atoms with Gasteiger partial charge in [0.15, 0.2) is 9.34 Å². The molecule has 2 heterocycles. The summed E-state index contributed by atoms with van der Waals surface area (Å²) in [4.78, 5) is 23.1. The van der Waals surface area contributed by atoms with Crippen molar-refractivity contribution < 1.29 is 13.2 Å². The zero-order valence-electron chi connectivity index (χ0n) is 16.0. The molecule has 0 unspecified atom stereocenters. The van der Waals surface area contributed by atoms with Crippen molar-refractivity contribution in [2.75, 3.05) is 11.9 Å². The molecule has 0 saturated heterocycles. The second-order valence-electron chi connectivity index (χ2n) is 7.12. The van der Waals surface area contributed by atoms with Crippen LogP contribution in [0.5, 0.6) is 0 Å². The molecule has 29 heavy (non-hydrogen) atoms. The lowest BCUT2D eigenvalue weighted by Crippen LogP contribution is -2.33. The summed E-state index contributed by atoms with van der Waals surface area (Å²) < 4.78 is 23.3. The summed E-state index contributed by atoms with van der Waals surface area (Å²) in [5, 5.41) is 5.56. The maximum absolute atomic E-state index is 13.0. The number of aryl methyl sites for hydroxylation is 1. The van der Waals surface area contributed by atoms with E-state index in [9.17, 15) is 13.2 Å². The molecule has 4 rings (SSSR count). The topological polar surface area (TPSA) is 106 Å². The average molecular weight is 429 g/mol. The fourth-order valence-electron chi connectivity index (χ4n) is 3.63. The Morgan fingerprint density at radius 3 is 2.62 bits per heavy atom. The molecule has 0 saturated carbocycles. The molecule has 0 radical (unpaired) electrons. The molecule has 0 bridgehead atoms. The fourth-order valence-corrected chi connectivity index (χ4v) is 5.54. The molecule has 1 amide bonds. The molecule has 150 valence electrons. The van der Waals surface area contributed by atoms with E-state index in [1.54, 1.807) is 20.2 Å². The molecule has 0 fully saturated rings. The third-order valence-electron chi connectivity index (χ3n) is 5.07. The Balaban J connectivity index is 1.54. The highest BCUT2D eigenvalue weighted by atomic mass is 32.2. The second-order valence-corrected chi connectivity index (χ2v) is 9.85. The Labute approximate surface area is 173 Å².